The molecule has 0 aliphatic carbocycles. The second kappa shape index (κ2) is 5.03. The first kappa shape index (κ1) is 13.3. The highest BCUT2D eigenvalue weighted by Gasteiger charge is 2.22. The highest BCUT2D eigenvalue weighted by Crippen LogP contribution is 2.23. The highest BCUT2D eigenvalue weighted by atomic mass is 16.5. The number of rotatable bonds is 4. The molecule has 0 fully saturated rings. The number of methoxy groups -OCH3 is 1. The van der Waals surface area contributed by atoms with Gasteiger partial charge in [-0.15, -0.1) is 0 Å². The molecule has 0 atom stereocenters. The van der Waals surface area contributed by atoms with Gasteiger partial charge in [0.05, 0.1) is 12.7 Å². The lowest BCUT2D eigenvalue weighted by molar-refractivity contribution is -0.136. The summed E-state index contributed by atoms with van der Waals surface area (Å²) in [5.41, 5.74) is 2.96. The third kappa shape index (κ3) is 2.49. The Morgan fingerprint density at radius 2 is 1.88 bits per heavy atom. The SMILES string of the molecule is COC(=O)c1c(CCC(=O)O)c(C)n(C)c1C. The molecule has 0 saturated heterocycles. The molecule has 0 unspecified atom stereocenters. The van der Waals surface area contributed by atoms with Crippen molar-refractivity contribution >= 4 is 11.9 Å². The summed E-state index contributed by atoms with van der Waals surface area (Å²) in [5, 5.41) is 8.71. The van der Waals surface area contributed by atoms with Crippen LogP contribution in [0.15, 0.2) is 0 Å². The molecule has 17 heavy (non-hydrogen) atoms. The monoisotopic (exact) mass is 239 g/mol. The Balaban J connectivity index is 3.21. The van der Waals surface area contributed by atoms with Gasteiger partial charge in [0, 0.05) is 24.9 Å². The van der Waals surface area contributed by atoms with Crippen LogP contribution in [0.3, 0.4) is 0 Å². The van der Waals surface area contributed by atoms with Crippen molar-refractivity contribution in [2.75, 3.05) is 7.11 Å². The molecule has 5 heteroatoms. The molecule has 0 saturated carbocycles. The van der Waals surface area contributed by atoms with E-state index in [4.69, 9.17) is 9.84 Å². The first-order valence-corrected chi connectivity index (χ1v) is 5.35. The zero-order chi connectivity index (χ0) is 13.2. The number of carboxylic acid groups (broad SMARTS) is 1. The van der Waals surface area contributed by atoms with Gasteiger partial charge in [-0.05, 0) is 25.8 Å². The molecule has 0 spiro atoms. The number of carbonyl (C=O) groups excluding carboxylic acids is 1. The van der Waals surface area contributed by atoms with Crippen LogP contribution in [-0.4, -0.2) is 28.7 Å². The summed E-state index contributed by atoms with van der Waals surface area (Å²) in [6, 6.07) is 0. The second-order valence-electron chi connectivity index (χ2n) is 3.97. The highest BCUT2D eigenvalue weighted by molar-refractivity contribution is 5.93. The molecular formula is C12H17NO4. The van der Waals surface area contributed by atoms with Gasteiger partial charge in [0.1, 0.15) is 0 Å². The zero-order valence-electron chi connectivity index (χ0n) is 10.5. The minimum atomic E-state index is -0.873. The van der Waals surface area contributed by atoms with E-state index in [1.54, 1.807) is 0 Å². The maximum atomic E-state index is 11.7. The van der Waals surface area contributed by atoms with Crippen LogP contribution in [0.2, 0.25) is 0 Å². The molecule has 1 rings (SSSR count). The van der Waals surface area contributed by atoms with Crippen molar-refractivity contribution in [2.24, 2.45) is 7.05 Å². The van der Waals surface area contributed by atoms with Gasteiger partial charge in [0.25, 0.3) is 0 Å². The smallest absolute Gasteiger partial charge is 0.339 e. The fraction of sp³-hybridized carbons (Fsp3) is 0.500. The predicted octanol–water partition coefficient (Wildman–Crippen LogP) is 1.45. The number of hydrogen-bond acceptors (Lipinski definition) is 3. The topological polar surface area (TPSA) is 68.5 Å². The van der Waals surface area contributed by atoms with Crippen molar-refractivity contribution in [3.8, 4) is 0 Å². The van der Waals surface area contributed by atoms with Gasteiger partial charge >= 0.3 is 11.9 Å². The van der Waals surface area contributed by atoms with Gasteiger partial charge in [0.15, 0.2) is 0 Å². The second-order valence-corrected chi connectivity index (χ2v) is 3.97. The van der Waals surface area contributed by atoms with Gasteiger partial charge in [-0.2, -0.15) is 0 Å². The fourth-order valence-corrected chi connectivity index (χ4v) is 1.93. The summed E-state index contributed by atoms with van der Waals surface area (Å²) in [5.74, 6) is -1.28. The third-order valence-electron chi connectivity index (χ3n) is 3.08. The average molecular weight is 239 g/mol. The fourth-order valence-electron chi connectivity index (χ4n) is 1.93. The van der Waals surface area contributed by atoms with E-state index in [0.29, 0.717) is 12.0 Å². The molecule has 0 aliphatic heterocycles. The van der Waals surface area contributed by atoms with Crippen molar-refractivity contribution in [1.82, 2.24) is 4.57 Å². The lowest BCUT2D eigenvalue weighted by atomic mass is 10.0. The van der Waals surface area contributed by atoms with E-state index in [1.807, 2.05) is 25.5 Å². The molecule has 1 N–H and O–H groups in total. The molecule has 5 nitrogen and oxygen atoms in total. The first-order valence-electron chi connectivity index (χ1n) is 5.35. The molecule has 0 aliphatic rings. The lowest BCUT2D eigenvalue weighted by Gasteiger charge is -2.03. The Bertz CT molecular complexity index is 460. The summed E-state index contributed by atoms with van der Waals surface area (Å²) >= 11 is 0. The summed E-state index contributed by atoms with van der Waals surface area (Å²) < 4.78 is 6.61. The van der Waals surface area contributed by atoms with Crippen molar-refractivity contribution in [1.29, 1.82) is 0 Å². The van der Waals surface area contributed by atoms with Crippen LogP contribution in [0.5, 0.6) is 0 Å². The van der Waals surface area contributed by atoms with E-state index < -0.39 is 11.9 Å². The maximum absolute atomic E-state index is 11.7. The number of aromatic nitrogens is 1. The summed E-state index contributed by atoms with van der Waals surface area (Å²) in [4.78, 5) is 22.3. The Kier molecular flexibility index (Phi) is 3.93. The molecular weight excluding hydrogens is 222 g/mol. The van der Waals surface area contributed by atoms with Crippen LogP contribution in [0.4, 0.5) is 0 Å². The standard InChI is InChI=1S/C12H17NO4/c1-7-9(5-6-10(14)15)11(12(16)17-4)8(2)13(7)3/h5-6H2,1-4H3,(H,14,15). The third-order valence-corrected chi connectivity index (χ3v) is 3.08. The van der Waals surface area contributed by atoms with Gasteiger partial charge in [-0.3, -0.25) is 4.79 Å². The van der Waals surface area contributed by atoms with Crippen molar-refractivity contribution in [3.05, 3.63) is 22.5 Å². The van der Waals surface area contributed by atoms with Gasteiger partial charge < -0.3 is 14.4 Å². The van der Waals surface area contributed by atoms with Crippen molar-refractivity contribution in [3.63, 3.8) is 0 Å². The predicted molar refractivity (Wildman–Crippen MR) is 62.2 cm³/mol. The quantitative estimate of drug-likeness (QED) is 0.807. The molecule has 0 amide bonds. The molecule has 1 aromatic heterocycles. The van der Waals surface area contributed by atoms with Crippen LogP contribution in [-0.2, 0) is 23.0 Å². The minimum Gasteiger partial charge on any atom is -0.481 e. The summed E-state index contributed by atoms with van der Waals surface area (Å²) in [6.07, 6.45) is 0.349. The number of esters is 1. The maximum Gasteiger partial charge on any atom is 0.339 e. The normalized spacial score (nSPS) is 10.4. The van der Waals surface area contributed by atoms with E-state index in [0.717, 1.165) is 17.0 Å². The Morgan fingerprint density at radius 1 is 1.29 bits per heavy atom. The molecule has 0 radical (unpaired) electrons. The number of nitrogens with zero attached hydrogens (tertiary/aromatic N) is 1. The van der Waals surface area contributed by atoms with Gasteiger partial charge in [0.2, 0.25) is 0 Å². The van der Waals surface area contributed by atoms with E-state index in [1.165, 1.54) is 7.11 Å². The largest absolute Gasteiger partial charge is 0.481 e. The Labute approximate surface area is 100 Å². The van der Waals surface area contributed by atoms with E-state index in [2.05, 4.69) is 0 Å². The van der Waals surface area contributed by atoms with Crippen LogP contribution in [0, 0.1) is 13.8 Å². The molecule has 0 bridgehead atoms. The zero-order valence-corrected chi connectivity index (χ0v) is 10.5. The van der Waals surface area contributed by atoms with E-state index >= 15 is 0 Å². The van der Waals surface area contributed by atoms with Crippen molar-refractivity contribution in [2.45, 2.75) is 26.7 Å². The van der Waals surface area contributed by atoms with Crippen LogP contribution >= 0.6 is 0 Å². The number of carbonyl (C=O) groups is 2. The van der Waals surface area contributed by atoms with E-state index in [-0.39, 0.29) is 6.42 Å². The molecule has 1 aromatic rings. The average Bonchev–Trinajstić information content (AvgIpc) is 2.50. The molecule has 94 valence electrons. The first-order chi connectivity index (χ1) is 7.90. The number of ether oxygens (including phenoxy) is 1. The summed E-state index contributed by atoms with van der Waals surface area (Å²) in [7, 11) is 3.17. The van der Waals surface area contributed by atoms with Crippen molar-refractivity contribution < 1.29 is 19.4 Å². The molecule has 0 aromatic carbocycles. The number of hydrogen-bond donors (Lipinski definition) is 1. The molecule has 1 heterocycles. The lowest BCUT2D eigenvalue weighted by Crippen LogP contribution is -2.07. The number of aliphatic carboxylic acids is 1. The van der Waals surface area contributed by atoms with Crippen LogP contribution < -0.4 is 0 Å². The Hall–Kier alpha value is -1.78. The van der Waals surface area contributed by atoms with E-state index in [9.17, 15) is 9.59 Å². The van der Waals surface area contributed by atoms with Gasteiger partial charge in [-0.1, -0.05) is 0 Å². The van der Waals surface area contributed by atoms with Gasteiger partial charge in [-0.25, -0.2) is 4.79 Å². The van der Waals surface area contributed by atoms with Crippen LogP contribution in [0.1, 0.15) is 33.7 Å². The van der Waals surface area contributed by atoms with Crippen LogP contribution in [0.25, 0.3) is 0 Å². The summed E-state index contributed by atoms with van der Waals surface area (Å²) in [6.45, 7) is 3.69. The minimum absolute atomic E-state index is 0.00822. The number of carboxylic acids is 1. The Morgan fingerprint density at radius 3 is 2.35 bits per heavy atom.